The van der Waals surface area contributed by atoms with Gasteiger partial charge in [-0.2, -0.15) is 0 Å². The van der Waals surface area contributed by atoms with Crippen LogP contribution in [0.5, 0.6) is 0 Å². The van der Waals surface area contributed by atoms with Crippen molar-refractivity contribution in [2.75, 3.05) is 11.1 Å². The number of carbonyl (C=O) groups is 1. The zero-order valence-corrected chi connectivity index (χ0v) is 13.0. The number of hydrogen-bond donors (Lipinski definition) is 2. The summed E-state index contributed by atoms with van der Waals surface area (Å²) in [6, 6.07) is 13.2. The normalized spacial score (nSPS) is 11.2. The van der Waals surface area contributed by atoms with E-state index in [2.05, 4.69) is 26.1 Å². The van der Waals surface area contributed by atoms with Crippen molar-refractivity contribution < 1.29 is 4.79 Å². The van der Waals surface area contributed by atoms with Gasteiger partial charge in [0.15, 0.2) is 0 Å². The summed E-state index contributed by atoms with van der Waals surface area (Å²) in [5.74, 6) is -0.108. The number of amides is 1. The first kappa shape index (κ1) is 15.1. The van der Waals surface area contributed by atoms with Crippen LogP contribution in [-0.4, -0.2) is 5.91 Å². The standard InChI is InChI=1S/C18H22N2O/c1-12-9-10-13(11-16(12)19)20-17(21)14-7-5-6-8-15(14)18(2,3)4/h5-11H,19H2,1-4H3,(H,20,21). The van der Waals surface area contributed by atoms with Gasteiger partial charge in [0.1, 0.15) is 0 Å². The first-order chi connectivity index (χ1) is 9.79. The summed E-state index contributed by atoms with van der Waals surface area (Å²) < 4.78 is 0. The van der Waals surface area contributed by atoms with Crippen LogP contribution in [0.1, 0.15) is 42.3 Å². The second kappa shape index (κ2) is 5.60. The molecule has 21 heavy (non-hydrogen) atoms. The molecule has 0 unspecified atom stereocenters. The van der Waals surface area contributed by atoms with Gasteiger partial charge in [-0.3, -0.25) is 4.79 Å². The number of nitrogens with two attached hydrogens (primary N) is 1. The predicted octanol–water partition coefficient (Wildman–Crippen LogP) is 4.13. The van der Waals surface area contributed by atoms with Gasteiger partial charge in [0.05, 0.1) is 0 Å². The molecule has 3 N–H and O–H groups in total. The van der Waals surface area contributed by atoms with E-state index in [1.807, 2.05) is 43.3 Å². The second-order valence-corrected chi connectivity index (χ2v) is 6.32. The molecule has 0 aliphatic heterocycles. The van der Waals surface area contributed by atoms with Crippen LogP contribution >= 0.6 is 0 Å². The Balaban J connectivity index is 2.31. The maximum atomic E-state index is 12.5. The summed E-state index contributed by atoms with van der Waals surface area (Å²) in [5, 5.41) is 2.92. The van der Waals surface area contributed by atoms with Crippen molar-refractivity contribution in [3.63, 3.8) is 0 Å². The Morgan fingerprint density at radius 1 is 1.10 bits per heavy atom. The zero-order valence-electron chi connectivity index (χ0n) is 13.0. The van der Waals surface area contributed by atoms with Crippen molar-refractivity contribution >= 4 is 17.3 Å². The van der Waals surface area contributed by atoms with Crippen LogP contribution in [-0.2, 0) is 5.41 Å². The topological polar surface area (TPSA) is 55.1 Å². The third-order valence-electron chi connectivity index (χ3n) is 3.52. The molecule has 3 heteroatoms. The molecular weight excluding hydrogens is 260 g/mol. The second-order valence-electron chi connectivity index (χ2n) is 6.32. The minimum atomic E-state index is -0.108. The molecule has 2 aromatic carbocycles. The smallest absolute Gasteiger partial charge is 0.255 e. The van der Waals surface area contributed by atoms with Crippen LogP contribution in [0.25, 0.3) is 0 Å². The van der Waals surface area contributed by atoms with Gasteiger partial charge < -0.3 is 11.1 Å². The van der Waals surface area contributed by atoms with Crippen molar-refractivity contribution in [2.24, 2.45) is 0 Å². The molecular formula is C18H22N2O. The third-order valence-corrected chi connectivity index (χ3v) is 3.52. The maximum absolute atomic E-state index is 12.5. The molecule has 0 radical (unpaired) electrons. The number of nitrogen functional groups attached to an aromatic ring is 1. The summed E-state index contributed by atoms with van der Waals surface area (Å²) in [5.41, 5.74) is 9.92. The van der Waals surface area contributed by atoms with E-state index in [4.69, 9.17) is 5.73 Å². The number of hydrogen-bond acceptors (Lipinski definition) is 2. The number of benzene rings is 2. The fourth-order valence-electron chi connectivity index (χ4n) is 2.25. The van der Waals surface area contributed by atoms with Gasteiger partial charge in [0.25, 0.3) is 5.91 Å². The Morgan fingerprint density at radius 3 is 2.38 bits per heavy atom. The highest BCUT2D eigenvalue weighted by atomic mass is 16.1. The molecule has 0 atom stereocenters. The molecule has 0 aliphatic rings. The van der Waals surface area contributed by atoms with Crippen LogP contribution in [0.4, 0.5) is 11.4 Å². The van der Waals surface area contributed by atoms with Crippen molar-refractivity contribution in [3.8, 4) is 0 Å². The van der Waals surface area contributed by atoms with Crippen molar-refractivity contribution in [2.45, 2.75) is 33.1 Å². The number of carbonyl (C=O) groups excluding carboxylic acids is 1. The molecule has 0 spiro atoms. The van der Waals surface area contributed by atoms with Gasteiger partial charge in [-0.25, -0.2) is 0 Å². The molecule has 3 nitrogen and oxygen atoms in total. The molecule has 0 bridgehead atoms. The Bertz CT molecular complexity index is 669. The average molecular weight is 282 g/mol. The third kappa shape index (κ3) is 3.43. The highest BCUT2D eigenvalue weighted by molar-refractivity contribution is 6.05. The van der Waals surface area contributed by atoms with E-state index in [1.54, 1.807) is 6.07 Å². The molecule has 0 heterocycles. The Kier molecular flexibility index (Phi) is 4.03. The fourth-order valence-corrected chi connectivity index (χ4v) is 2.25. The molecule has 2 rings (SSSR count). The Hall–Kier alpha value is -2.29. The monoisotopic (exact) mass is 282 g/mol. The summed E-state index contributed by atoms with van der Waals surface area (Å²) in [7, 11) is 0. The van der Waals surface area contributed by atoms with E-state index in [1.165, 1.54) is 0 Å². The fraction of sp³-hybridized carbons (Fsp3) is 0.278. The van der Waals surface area contributed by atoms with Crippen LogP contribution in [0.3, 0.4) is 0 Å². The van der Waals surface area contributed by atoms with Crippen LogP contribution in [0.2, 0.25) is 0 Å². The largest absolute Gasteiger partial charge is 0.398 e. The number of rotatable bonds is 2. The lowest BCUT2D eigenvalue weighted by molar-refractivity contribution is 0.102. The van der Waals surface area contributed by atoms with Crippen molar-refractivity contribution in [3.05, 3.63) is 59.2 Å². The summed E-state index contributed by atoms with van der Waals surface area (Å²) >= 11 is 0. The zero-order chi connectivity index (χ0) is 15.6. The summed E-state index contributed by atoms with van der Waals surface area (Å²) in [4.78, 5) is 12.5. The van der Waals surface area contributed by atoms with Gasteiger partial charge in [0, 0.05) is 16.9 Å². The van der Waals surface area contributed by atoms with Gasteiger partial charge in [-0.15, -0.1) is 0 Å². The number of anilines is 2. The highest BCUT2D eigenvalue weighted by Crippen LogP contribution is 2.26. The number of aryl methyl sites for hydroxylation is 1. The van der Waals surface area contributed by atoms with E-state index in [0.717, 1.165) is 11.1 Å². The van der Waals surface area contributed by atoms with E-state index in [-0.39, 0.29) is 11.3 Å². The lowest BCUT2D eigenvalue weighted by atomic mass is 9.83. The first-order valence-electron chi connectivity index (χ1n) is 7.06. The first-order valence-corrected chi connectivity index (χ1v) is 7.06. The lowest BCUT2D eigenvalue weighted by Gasteiger charge is -2.22. The SMILES string of the molecule is Cc1ccc(NC(=O)c2ccccc2C(C)(C)C)cc1N. The molecule has 110 valence electrons. The minimum Gasteiger partial charge on any atom is -0.398 e. The summed E-state index contributed by atoms with van der Waals surface area (Å²) in [6.07, 6.45) is 0. The molecule has 0 saturated carbocycles. The van der Waals surface area contributed by atoms with Crippen molar-refractivity contribution in [1.82, 2.24) is 0 Å². The molecule has 0 aliphatic carbocycles. The number of nitrogens with one attached hydrogen (secondary N) is 1. The van der Waals surface area contributed by atoms with E-state index >= 15 is 0 Å². The van der Waals surface area contributed by atoms with Crippen LogP contribution in [0.15, 0.2) is 42.5 Å². The molecule has 0 fully saturated rings. The average Bonchev–Trinajstić information content (AvgIpc) is 2.42. The Morgan fingerprint density at radius 2 is 1.76 bits per heavy atom. The highest BCUT2D eigenvalue weighted by Gasteiger charge is 2.21. The van der Waals surface area contributed by atoms with Crippen molar-refractivity contribution in [1.29, 1.82) is 0 Å². The molecule has 0 aromatic heterocycles. The van der Waals surface area contributed by atoms with Gasteiger partial charge in [-0.1, -0.05) is 45.0 Å². The quantitative estimate of drug-likeness (QED) is 0.814. The van der Waals surface area contributed by atoms with E-state index in [0.29, 0.717) is 16.9 Å². The summed E-state index contributed by atoms with van der Waals surface area (Å²) in [6.45, 7) is 8.24. The maximum Gasteiger partial charge on any atom is 0.255 e. The van der Waals surface area contributed by atoms with Gasteiger partial charge in [-0.05, 0) is 41.7 Å². The predicted molar refractivity (Wildman–Crippen MR) is 88.7 cm³/mol. The van der Waals surface area contributed by atoms with Gasteiger partial charge in [0.2, 0.25) is 0 Å². The lowest BCUT2D eigenvalue weighted by Crippen LogP contribution is -2.20. The molecule has 0 saturated heterocycles. The van der Waals surface area contributed by atoms with E-state index in [9.17, 15) is 4.79 Å². The Labute approximate surface area is 126 Å². The van der Waals surface area contributed by atoms with Crippen LogP contribution < -0.4 is 11.1 Å². The van der Waals surface area contributed by atoms with Gasteiger partial charge >= 0.3 is 0 Å². The molecule has 2 aromatic rings. The molecule has 1 amide bonds. The van der Waals surface area contributed by atoms with Crippen LogP contribution in [0, 0.1) is 6.92 Å². The minimum absolute atomic E-state index is 0.0831. The van der Waals surface area contributed by atoms with E-state index < -0.39 is 0 Å².